The van der Waals surface area contributed by atoms with Crippen molar-refractivity contribution in [3.05, 3.63) is 22.4 Å². The van der Waals surface area contributed by atoms with Crippen molar-refractivity contribution in [3.63, 3.8) is 0 Å². The van der Waals surface area contributed by atoms with E-state index in [9.17, 15) is 4.79 Å². The Bertz CT molecular complexity index is 439. The number of hydrogen-bond acceptors (Lipinski definition) is 3. The molecule has 2 fully saturated rings. The van der Waals surface area contributed by atoms with Gasteiger partial charge in [0.15, 0.2) is 0 Å². The van der Waals surface area contributed by atoms with E-state index in [0.717, 1.165) is 17.9 Å². The van der Waals surface area contributed by atoms with Crippen LogP contribution in [0.1, 0.15) is 37.5 Å². The van der Waals surface area contributed by atoms with Crippen LogP contribution in [-0.4, -0.2) is 24.7 Å². The molecule has 0 bridgehead atoms. The van der Waals surface area contributed by atoms with E-state index in [0.29, 0.717) is 18.6 Å². The number of hydrogen-bond donors (Lipinski definition) is 1. The average Bonchev–Trinajstić information content (AvgIpc) is 2.78. The van der Waals surface area contributed by atoms with Crippen molar-refractivity contribution >= 4 is 17.2 Å². The molecule has 1 aromatic heterocycles. The summed E-state index contributed by atoms with van der Waals surface area (Å²) in [5, 5.41) is 5.24. The number of amides is 1. The van der Waals surface area contributed by atoms with Gasteiger partial charge in [0.1, 0.15) is 0 Å². The minimum atomic E-state index is 0.161. The fourth-order valence-electron chi connectivity index (χ4n) is 3.46. The van der Waals surface area contributed by atoms with Crippen molar-refractivity contribution in [1.29, 1.82) is 0 Å². The molecule has 0 unspecified atom stereocenters. The summed E-state index contributed by atoms with van der Waals surface area (Å²) in [6, 6.07) is 4.35. The SMILES string of the molecule is CCO[C@@H]1C[C@H](NC(=O)Cc2cccs2)C12CCC2. The Morgan fingerprint density at radius 2 is 2.42 bits per heavy atom. The van der Waals surface area contributed by atoms with E-state index in [1.807, 2.05) is 17.5 Å². The molecule has 3 rings (SSSR count). The molecule has 1 N–H and O–H groups in total. The number of ether oxygens (including phenoxy) is 1. The maximum atomic E-state index is 12.1. The molecule has 1 spiro atoms. The van der Waals surface area contributed by atoms with Crippen LogP contribution in [0.25, 0.3) is 0 Å². The highest BCUT2D eigenvalue weighted by Gasteiger charge is 2.59. The molecule has 2 aliphatic rings. The minimum absolute atomic E-state index is 0.161. The minimum Gasteiger partial charge on any atom is -0.378 e. The highest BCUT2D eigenvalue weighted by Crippen LogP contribution is 2.57. The quantitative estimate of drug-likeness (QED) is 0.900. The third kappa shape index (κ3) is 2.32. The summed E-state index contributed by atoms with van der Waals surface area (Å²) in [5.41, 5.74) is 0.265. The Morgan fingerprint density at radius 1 is 1.58 bits per heavy atom. The summed E-state index contributed by atoms with van der Waals surface area (Å²) in [4.78, 5) is 13.2. The molecule has 2 saturated carbocycles. The van der Waals surface area contributed by atoms with Gasteiger partial charge in [0.05, 0.1) is 12.5 Å². The second-order valence-electron chi connectivity index (χ2n) is 5.64. The zero-order valence-corrected chi connectivity index (χ0v) is 12.2. The van der Waals surface area contributed by atoms with Gasteiger partial charge in [-0.15, -0.1) is 11.3 Å². The van der Waals surface area contributed by atoms with Gasteiger partial charge >= 0.3 is 0 Å². The Morgan fingerprint density at radius 3 is 3.00 bits per heavy atom. The standard InChI is InChI=1S/C15H21NO2S/c1-2-18-13-10-12(15(13)6-4-7-15)16-14(17)9-11-5-3-8-19-11/h3,5,8,12-13H,2,4,6-7,9-10H2,1H3,(H,16,17)/t12-,13+/m0/s1. The van der Waals surface area contributed by atoms with Gasteiger partial charge in [0, 0.05) is 22.9 Å². The van der Waals surface area contributed by atoms with Crippen LogP contribution in [0, 0.1) is 5.41 Å². The average molecular weight is 279 g/mol. The van der Waals surface area contributed by atoms with Crippen molar-refractivity contribution in [2.75, 3.05) is 6.61 Å². The first-order chi connectivity index (χ1) is 9.24. The summed E-state index contributed by atoms with van der Waals surface area (Å²) in [6.07, 6.45) is 5.58. The third-order valence-electron chi connectivity index (χ3n) is 4.69. The van der Waals surface area contributed by atoms with Crippen LogP contribution in [0.2, 0.25) is 0 Å². The first kappa shape index (κ1) is 13.1. The predicted octanol–water partition coefficient (Wildman–Crippen LogP) is 2.75. The predicted molar refractivity (Wildman–Crippen MR) is 76.3 cm³/mol. The van der Waals surface area contributed by atoms with Gasteiger partial charge < -0.3 is 10.1 Å². The second-order valence-corrected chi connectivity index (χ2v) is 6.67. The lowest BCUT2D eigenvalue weighted by molar-refractivity contribution is -0.175. The van der Waals surface area contributed by atoms with Gasteiger partial charge in [-0.05, 0) is 37.6 Å². The smallest absolute Gasteiger partial charge is 0.225 e. The zero-order valence-electron chi connectivity index (χ0n) is 11.4. The number of thiophene rings is 1. The molecule has 4 heteroatoms. The van der Waals surface area contributed by atoms with Crippen molar-refractivity contribution in [2.24, 2.45) is 5.41 Å². The lowest BCUT2D eigenvalue weighted by Crippen LogP contribution is -2.67. The maximum absolute atomic E-state index is 12.1. The van der Waals surface area contributed by atoms with Gasteiger partial charge in [0.2, 0.25) is 5.91 Å². The van der Waals surface area contributed by atoms with Crippen LogP contribution in [-0.2, 0) is 16.0 Å². The summed E-state index contributed by atoms with van der Waals surface area (Å²) in [5.74, 6) is 0.161. The van der Waals surface area contributed by atoms with Crippen LogP contribution >= 0.6 is 11.3 Å². The van der Waals surface area contributed by atoms with Crippen molar-refractivity contribution < 1.29 is 9.53 Å². The molecule has 0 saturated heterocycles. The van der Waals surface area contributed by atoms with E-state index < -0.39 is 0 Å². The Labute approximate surface area is 118 Å². The highest BCUT2D eigenvalue weighted by atomic mass is 32.1. The molecule has 104 valence electrons. The first-order valence-corrected chi connectivity index (χ1v) is 8.06. The molecule has 0 radical (unpaired) electrons. The fraction of sp³-hybridized carbons (Fsp3) is 0.667. The lowest BCUT2D eigenvalue weighted by atomic mass is 9.51. The Balaban J connectivity index is 1.54. The lowest BCUT2D eigenvalue weighted by Gasteiger charge is -2.61. The van der Waals surface area contributed by atoms with E-state index in [1.54, 1.807) is 11.3 Å². The molecule has 1 heterocycles. The van der Waals surface area contributed by atoms with Crippen LogP contribution < -0.4 is 5.32 Å². The van der Waals surface area contributed by atoms with Gasteiger partial charge in [-0.2, -0.15) is 0 Å². The van der Waals surface area contributed by atoms with Crippen LogP contribution in [0.15, 0.2) is 17.5 Å². The van der Waals surface area contributed by atoms with E-state index >= 15 is 0 Å². The molecule has 2 atom stereocenters. The van der Waals surface area contributed by atoms with Crippen molar-refractivity contribution in [1.82, 2.24) is 5.32 Å². The molecule has 3 nitrogen and oxygen atoms in total. The van der Waals surface area contributed by atoms with E-state index in [2.05, 4.69) is 12.2 Å². The number of nitrogens with one attached hydrogen (secondary N) is 1. The molecule has 1 aromatic rings. The molecular formula is C15H21NO2S. The normalized spacial score (nSPS) is 27.6. The summed E-state index contributed by atoms with van der Waals surface area (Å²) in [6.45, 7) is 2.83. The van der Waals surface area contributed by atoms with Crippen LogP contribution in [0.5, 0.6) is 0 Å². The summed E-state index contributed by atoms with van der Waals surface area (Å²) < 4.78 is 5.80. The van der Waals surface area contributed by atoms with Gasteiger partial charge in [-0.25, -0.2) is 0 Å². The third-order valence-corrected chi connectivity index (χ3v) is 5.56. The highest BCUT2D eigenvalue weighted by molar-refractivity contribution is 7.10. The van der Waals surface area contributed by atoms with Gasteiger partial charge in [-0.3, -0.25) is 4.79 Å². The number of rotatable bonds is 5. The summed E-state index contributed by atoms with van der Waals surface area (Å²) >= 11 is 1.65. The maximum Gasteiger partial charge on any atom is 0.225 e. The molecular weight excluding hydrogens is 258 g/mol. The van der Waals surface area contributed by atoms with E-state index in [4.69, 9.17) is 4.74 Å². The molecule has 1 amide bonds. The van der Waals surface area contributed by atoms with Crippen LogP contribution in [0.4, 0.5) is 0 Å². The topological polar surface area (TPSA) is 38.3 Å². The van der Waals surface area contributed by atoms with Gasteiger partial charge in [0.25, 0.3) is 0 Å². The monoisotopic (exact) mass is 279 g/mol. The molecule has 0 aliphatic heterocycles. The van der Waals surface area contributed by atoms with Crippen molar-refractivity contribution in [3.8, 4) is 0 Å². The number of carbonyl (C=O) groups excluding carboxylic acids is 1. The molecule has 0 aromatic carbocycles. The molecule has 19 heavy (non-hydrogen) atoms. The zero-order chi connectivity index (χ0) is 13.3. The largest absolute Gasteiger partial charge is 0.378 e. The fourth-order valence-corrected chi connectivity index (χ4v) is 4.16. The second kappa shape index (κ2) is 5.25. The van der Waals surface area contributed by atoms with E-state index in [1.165, 1.54) is 19.3 Å². The first-order valence-electron chi connectivity index (χ1n) is 7.18. The number of carbonyl (C=O) groups is 1. The van der Waals surface area contributed by atoms with Gasteiger partial charge in [-0.1, -0.05) is 12.5 Å². The van der Waals surface area contributed by atoms with Crippen molar-refractivity contribution in [2.45, 2.75) is 51.2 Å². The van der Waals surface area contributed by atoms with Crippen LogP contribution in [0.3, 0.4) is 0 Å². The Kier molecular flexibility index (Phi) is 3.63. The molecule has 2 aliphatic carbocycles. The van der Waals surface area contributed by atoms with E-state index in [-0.39, 0.29) is 11.3 Å². The Hall–Kier alpha value is -0.870. The summed E-state index contributed by atoms with van der Waals surface area (Å²) in [7, 11) is 0.